The van der Waals surface area contributed by atoms with Gasteiger partial charge in [-0.25, -0.2) is 28.7 Å². The number of aromatic nitrogens is 5. The van der Waals surface area contributed by atoms with Crippen LogP contribution >= 0.6 is 0 Å². The zero-order valence-electron chi connectivity index (χ0n) is 19.5. The van der Waals surface area contributed by atoms with Crippen molar-refractivity contribution in [2.75, 3.05) is 11.9 Å². The van der Waals surface area contributed by atoms with Gasteiger partial charge in [-0.05, 0) is 43.5 Å². The van der Waals surface area contributed by atoms with Crippen molar-refractivity contribution >= 4 is 22.8 Å². The number of hydrogen-bond donors (Lipinski definition) is 2. The van der Waals surface area contributed by atoms with Crippen molar-refractivity contribution in [1.82, 2.24) is 29.8 Å². The fraction of sp³-hybridized carbons (Fsp3) is 0.360. The van der Waals surface area contributed by atoms with Crippen LogP contribution in [0.1, 0.15) is 49.8 Å². The zero-order chi connectivity index (χ0) is 23.8. The summed E-state index contributed by atoms with van der Waals surface area (Å²) in [6.45, 7) is 7.72. The van der Waals surface area contributed by atoms with E-state index in [2.05, 4.69) is 44.4 Å². The molecule has 4 heterocycles. The lowest BCUT2D eigenvalue weighted by atomic mass is 10.1. The minimum Gasteiger partial charge on any atom is -0.325 e. The second-order valence-corrected chi connectivity index (χ2v) is 8.57. The van der Waals surface area contributed by atoms with Gasteiger partial charge in [-0.3, -0.25) is 0 Å². The summed E-state index contributed by atoms with van der Waals surface area (Å²) in [5.41, 5.74) is 3.46. The van der Waals surface area contributed by atoms with Crippen LogP contribution in [0.25, 0.3) is 22.3 Å². The van der Waals surface area contributed by atoms with E-state index in [-0.39, 0.29) is 23.2 Å². The standard InChI is InChI=1S/C25H27F2N7/c1-4-17(5-2)34-14(3)30-24-18(26)10-16(11-21(24)34)23-19(27)13-29-25(33-23)32-22-7-6-15-12-28-9-8-20(15)31-22/h6-7,10-11,13,17,28H,4-5,8-9,12H2,1-3H3,(H,29,31,32,33). The van der Waals surface area contributed by atoms with E-state index >= 15 is 4.39 Å². The van der Waals surface area contributed by atoms with Gasteiger partial charge in [0.2, 0.25) is 5.95 Å². The SMILES string of the molecule is CCC(CC)n1c(C)nc2c(F)cc(-c3nc(Nc4ccc5c(n4)CCNC5)ncc3F)cc21. The van der Waals surface area contributed by atoms with E-state index < -0.39 is 11.6 Å². The minimum absolute atomic E-state index is 0.0235. The first kappa shape index (κ1) is 22.3. The third-order valence-corrected chi connectivity index (χ3v) is 6.41. The Morgan fingerprint density at radius 1 is 1.09 bits per heavy atom. The third-order valence-electron chi connectivity index (χ3n) is 6.41. The van der Waals surface area contributed by atoms with Gasteiger partial charge in [0.05, 0.1) is 11.7 Å². The molecular formula is C25H27F2N7. The molecule has 3 aromatic heterocycles. The topological polar surface area (TPSA) is 80.5 Å². The smallest absolute Gasteiger partial charge is 0.229 e. The maximum absolute atomic E-state index is 15.1. The Kier molecular flexibility index (Phi) is 5.95. The van der Waals surface area contributed by atoms with Gasteiger partial charge in [-0.1, -0.05) is 19.9 Å². The van der Waals surface area contributed by atoms with Gasteiger partial charge in [0.15, 0.2) is 11.6 Å². The van der Waals surface area contributed by atoms with E-state index in [1.54, 1.807) is 6.07 Å². The predicted molar refractivity (Wildman–Crippen MR) is 128 cm³/mol. The Bertz CT molecular complexity index is 1360. The number of rotatable bonds is 6. The highest BCUT2D eigenvalue weighted by Gasteiger charge is 2.20. The summed E-state index contributed by atoms with van der Waals surface area (Å²) in [5, 5.41) is 6.38. The van der Waals surface area contributed by atoms with Crippen LogP contribution in [0, 0.1) is 18.6 Å². The minimum atomic E-state index is -0.626. The van der Waals surface area contributed by atoms with Crippen molar-refractivity contribution in [1.29, 1.82) is 0 Å². The average Bonchev–Trinajstić information content (AvgIpc) is 3.18. The van der Waals surface area contributed by atoms with Gasteiger partial charge in [0.25, 0.3) is 0 Å². The number of halogens is 2. The van der Waals surface area contributed by atoms with Crippen molar-refractivity contribution in [2.45, 2.75) is 52.6 Å². The number of imidazole rings is 1. The van der Waals surface area contributed by atoms with Crippen LogP contribution in [-0.2, 0) is 13.0 Å². The molecular weight excluding hydrogens is 436 g/mol. The lowest BCUT2D eigenvalue weighted by Gasteiger charge is -2.18. The lowest BCUT2D eigenvalue weighted by molar-refractivity contribution is 0.473. The van der Waals surface area contributed by atoms with Gasteiger partial charge in [0, 0.05) is 36.8 Å². The molecule has 0 spiro atoms. The maximum Gasteiger partial charge on any atom is 0.229 e. The van der Waals surface area contributed by atoms with E-state index in [0.29, 0.717) is 16.9 Å². The van der Waals surface area contributed by atoms with Crippen molar-refractivity contribution < 1.29 is 8.78 Å². The van der Waals surface area contributed by atoms with Crippen molar-refractivity contribution in [3.8, 4) is 11.3 Å². The first-order chi connectivity index (χ1) is 16.5. The largest absolute Gasteiger partial charge is 0.325 e. The second kappa shape index (κ2) is 9.06. The highest BCUT2D eigenvalue weighted by molar-refractivity contribution is 5.83. The maximum atomic E-state index is 15.1. The molecule has 34 heavy (non-hydrogen) atoms. The average molecular weight is 464 g/mol. The number of fused-ring (bicyclic) bond motifs is 2. The molecule has 0 amide bonds. The molecule has 5 rings (SSSR count). The van der Waals surface area contributed by atoms with Crippen LogP contribution in [0.3, 0.4) is 0 Å². The van der Waals surface area contributed by atoms with Crippen LogP contribution in [0.5, 0.6) is 0 Å². The van der Waals surface area contributed by atoms with Crippen molar-refractivity contribution in [3.63, 3.8) is 0 Å². The van der Waals surface area contributed by atoms with E-state index in [9.17, 15) is 4.39 Å². The van der Waals surface area contributed by atoms with Crippen molar-refractivity contribution in [2.24, 2.45) is 0 Å². The Morgan fingerprint density at radius 2 is 1.91 bits per heavy atom. The number of aryl methyl sites for hydroxylation is 1. The molecule has 0 bridgehead atoms. The number of hydrogen-bond acceptors (Lipinski definition) is 6. The summed E-state index contributed by atoms with van der Waals surface area (Å²) in [7, 11) is 0. The molecule has 1 aliphatic rings. The van der Waals surface area contributed by atoms with Crippen LogP contribution < -0.4 is 10.6 Å². The molecule has 0 fully saturated rings. The molecule has 0 aliphatic carbocycles. The highest BCUT2D eigenvalue weighted by Crippen LogP contribution is 2.32. The van der Waals surface area contributed by atoms with Crippen molar-refractivity contribution in [3.05, 3.63) is 59.2 Å². The van der Waals surface area contributed by atoms with Gasteiger partial charge < -0.3 is 15.2 Å². The molecule has 0 atom stereocenters. The Morgan fingerprint density at radius 3 is 2.71 bits per heavy atom. The first-order valence-corrected chi connectivity index (χ1v) is 11.7. The monoisotopic (exact) mass is 463 g/mol. The summed E-state index contributed by atoms with van der Waals surface area (Å²) in [4.78, 5) is 17.5. The fourth-order valence-electron chi connectivity index (χ4n) is 4.67. The highest BCUT2D eigenvalue weighted by atomic mass is 19.1. The summed E-state index contributed by atoms with van der Waals surface area (Å²) >= 11 is 0. The Hall–Kier alpha value is -3.46. The van der Waals surface area contributed by atoms with E-state index in [0.717, 1.165) is 55.6 Å². The van der Waals surface area contributed by atoms with Gasteiger partial charge in [0.1, 0.15) is 22.9 Å². The molecule has 0 saturated carbocycles. The Balaban J connectivity index is 1.54. The van der Waals surface area contributed by atoms with Crippen LogP contribution in [0.4, 0.5) is 20.5 Å². The third kappa shape index (κ3) is 4.00. The van der Waals surface area contributed by atoms with E-state index in [1.165, 1.54) is 6.07 Å². The lowest BCUT2D eigenvalue weighted by Crippen LogP contribution is -2.24. The van der Waals surface area contributed by atoms with Crippen LogP contribution in [0.2, 0.25) is 0 Å². The fourth-order valence-corrected chi connectivity index (χ4v) is 4.67. The van der Waals surface area contributed by atoms with Crippen LogP contribution in [-0.4, -0.2) is 31.0 Å². The predicted octanol–water partition coefficient (Wildman–Crippen LogP) is 5.23. The molecule has 7 nitrogen and oxygen atoms in total. The first-order valence-electron chi connectivity index (χ1n) is 11.7. The molecule has 2 N–H and O–H groups in total. The molecule has 4 aromatic rings. The number of anilines is 2. The zero-order valence-corrected chi connectivity index (χ0v) is 19.5. The summed E-state index contributed by atoms with van der Waals surface area (Å²) in [5.74, 6) is 0.390. The van der Waals surface area contributed by atoms with Gasteiger partial charge >= 0.3 is 0 Å². The normalized spacial score (nSPS) is 13.5. The Labute approximate surface area is 196 Å². The summed E-state index contributed by atoms with van der Waals surface area (Å²) in [6, 6.07) is 7.08. The van der Waals surface area contributed by atoms with E-state index in [1.807, 2.05) is 23.6 Å². The number of pyridine rings is 1. The molecule has 176 valence electrons. The molecule has 0 radical (unpaired) electrons. The molecule has 1 aromatic carbocycles. The number of benzene rings is 1. The van der Waals surface area contributed by atoms with Gasteiger partial charge in [-0.2, -0.15) is 0 Å². The summed E-state index contributed by atoms with van der Waals surface area (Å²) in [6.07, 6.45) is 3.70. The molecule has 1 aliphatic heterocycles. The molecule has 0 unspecified atom stereocenters. The van der Waals surface area contributed by atoms with Gasteiger partial charge in [-0.15, -0.1) is 0 Å². The van der Waals surface area contributed by atoms with Crippen LogP contribution in [0.15, 0.2) is 30.5 Å². The van der Waals surface area contributed by atoms with E-state index in [4.69, 9.17) is 0 Å². The second-order valence-electron chi connectivity index (χ2n) is 8.57. The molecule has 0 saturated heterocycles. The number of nitrogens with one attached hydrogen (secondary N) is 2. The number of nitrogens with zero attached hydrogens (tertiary/aromatic N) is 5. The quantitative estimate of drug-likeness (QED) is 0.408. The molecule has 9 heteroatoms. The summed E-state index contributed by atoms with van der Waals surface area (Å²) < 4.78 is 31.9.